The molecule has 13 nitrogen and oxygen atoms in total. The van der Waals surface area contributed by atoms with Gasteiger partial charge in [-0.2, -0.15) is 13.2 Å². The second-order valence-corrected chi connectivity index (χ2v) is 9.61. The molecule has 1 fully saturated rings. The van der Waals surface area contributed by atoms with Crippen molar-refractivity contribution in [3.63, 3.8) is 0 Å². The minimum absolute atomic E-state index is 0.205. The Kier molecular flexibility index (Phi) is 9.22. The molecule has 0 radical (unpaired) electrons. The van der Waals surface area contributed by atoms with E-state index in [4.69, 9.17) is 34.4 Å². The molecule has 5 aromatic rings. The van der Waals surface area contributed by atoms with E-state index in [2.05, 4.69) is 20.2 Å². The Balaban J connectivity index is 0.000000515. The number of nitrogens with zero attached hydrogens (tertiary/aromatic N) is 6. The van der Waals surface area contributed by atoms with Gasteiger partial charge >= 0.3 is 18.1 Å². The van der Waals surface area contributed by atoms with Crippen molar-refractivity contribution in [1.29, 1.82) is 0 Å². The van der Waals surface area contributed by atoms with E-state index in [9.17, 15) is 18.0 Å². The van der Waals surface area contributed by atoms with Crippen molar-refractivity contribution >= 4 is 40.1 Å². The molecule has 0 unspecified atom stereocenters. The molecule has 16 heteroatoms. The van der Waals surface area contributed by atoms with Crippen LogP contribution in [0.25, 0.3) is 27.8 Å². The lowest BCUT2D eigenvalue weighted by Gasteiger charge is -2.28. The maximum Gasteiger partial charge on any atom is 0.490 e. The van der Waals surface area contributed by atoms with Gasteiger partial charge < -0.3 is 29.9 Å². The molecule has 0 bridgehead atoms. The molecule has 0 saturated carbocycles. The number of benzene rings is 1. The Morgan fingerprint density at radius 1 is 0.978 bits per heavy atom. The fraction of sp³-hybridized carbons (Fsp3) is 0.241. The lowest BCUT2D eigenvalue weighted by atomic mass is 10.2. The zero-order valence-electron chi connectivity index (χ0n) is 23.4. The molecule has 45 heavy (non-hydrogen) atoms. The van der Waals surface area contributed by atoms with Gasteiger partial charge in [0, 0.05) is 42.5 Å². The van der Waals surface area contributed by atoms with Crippen LogP contribution in [0.15, 0.2) is 67.1 Å². The number of carboxylic acid groups (broad SMARTS) is 2. The van der Waals surface area contributed by atoms with E-state index in [1.54, 1.807) is 18.5 Å². The van der Waals surface area contributed by atoms with Gasteiger partial charge in [-0.1, -0.05) is 18.2 Å². The zero-order chi connectivity index (χ0) is 32.0. The van der Waals surface area contributed by atoms with Crippen LogP contribution in [0.2, 0.25) is 0 Å². The average Bonchev–Trinajstić information content (AvgIpc) is 3.47. The maximum absolute atomic E-state index is 10.8. The van der Waals surface area contributed by atoms with Crippen LogP contribution in [0.5, 0.6) is 5.88 Å². The fourth-order valence-corrected chi connectivity index (χ4v) is 4.39. The molecule has 0 atom stereocenters. The van der Waals surface area contributed by atoms with Gasteiger partial charge in [0.15, 0.2) is 11.5 Å². The molecule has 4 aromatic heterocycles. The quantitative estimate of drug-likeness (QED) is 0.228. The topological polar surface area (TPSA) is 164 Å². The summed E-state index contributed by atoms with van der Waals surface area (Å²) < 4.78 is 45.3. The number of imidazole rings is 1. The molecule has 5 heterocycles. The van der Waals surface area contributed by atoms with Gasteiger partial charge in [0.05, 0.1) is 36.3 Å². The number of hydrogen-bond donors (Lipinski definition) is 3. The number of carboxylic acids is 2. The summed E-state index contributed by atoms with van der Waals surface area (Å²) in [5.74, 6) is -1.92. The number of para-hydroxylation sites is 1. The highest BCUT2D eigenvalue weighted by Crippen LogP contribution is 2.27. The van der Waals surface area contributed by atoms with Crippen LogP contribution < -0.4 is 15.0 Å². The second-order valence-electron chi connectivity index (χ2n) is 9.61. The van der Waals surface area contributed by atoms with Crippen LogP contribution in [0.3, 0.4) is 0 Å². The second kappa shape index (κ2) is 13.4. The van der Waals surface area contributed by atoms with Crippen molar-refractivity contribution in [2.45, 2.75) is 12.8 Å². The predicted molar refractivity (Wildman–Crippen MR) is 155 cm³/mol. The third-order valence-electron chi connectivity index (χ3n) is 6.50. The van der Waals surface area contributed by atoms with Crippen molar-refractivity contribution in [1.82, 2.24) is 24.3 Å². The first kappa shape index (κ1) is 30.9. The van der Waals surface area contributed by atoms with Crippen LogP contribution in [-0.2, 0) is 20.9 Å². The first-order chi connectivity index (χ1) is 21.6. The Bertz CT molecular complexity index is 1810. The van der Waals surface area contributed by atoms with E-state index in [1.807, 2.05) is 53.1 Å². The molecular weight excluding hydrogens is 599 g/mol. The summed E-state index contributed by atoms with van der Waals surface area (Å²) in [4.78, 5) is 40.5. The van der Waals surface area contributed by atoms with Gasteiger partial charge in [0.25, 0.3) is 0 Å². The maximum atomic E-state index is 10.8. The standard InChI is InChI=1S/C27H25N7O4.C2HF3O2/c35-25(36)15-29-23-7-5-19(13-28-23)22-14-30-26(33-9-11-37-12-10-33)27-31-20(16-34(22)27)17-38-24-8-6-18-3-1-2-4-21(18)32-24;3-2(4,5)1(6)7/h1-8,13-14,16H,9-12,15,17H2,(H,28,29)(H,35,36);(H,6,7). The molecule has 0 aliphatic carbocycles. The lowest BCUT2D eigenvalue weighted by molar-refractivity contribution is -0.192. The SMILES string of the molecule is O=C(O)C(F)(F)F.O=C(O)CNc1ccc(-c2cnc(N3CCOCC3)c3nc(COc4ccc5ccccc5n4)cn23)cn1. The van der Waals surface area contributed by atoms with Gasteiger partial charge in [-0.25, -0.2) is 24.7 Å². The molecule has 1 aromatic carbocycles. The summed E-state index contributed by atoms with van der Waals surface area (Å²) in [5, 5.41) is 19.8. The summed E-state index contributed by atoms with van der Waals surface area (Å²) in [7, 11) is 0. The van der Waals surface area contributed by atoms with Crippen molar-refractivity contribution in [2.24, 2.45) is 0 Å². The molecule has 234 valence electrons. The number of fused-ring (bicyclic) bond motifs is 2. The number of alkyl halides is 3. The molecular formula is C29H26F3N7O6. The minimum atomic E-state index is -5.08. The average molecular weight is 626 g/mol. The van der Waals surface area contributed by atoms with Crippen LogP contribution in [0.4, 0.5) is 24.8 Å². The predicted octanol–water partition coefficient (Wildman–Crippen LogP) is 3.88. The molecule has 0 amide bonds. The number of halogens is 3. The van der Waals surface area contributed by atoms with Crippen molar-refractivity contribution in [3.05, 3.63) is 72.8 Å². The number of carbonyl (C=O) groups is 2. The molecule has 1 aliphatic heterocycles. The Labute approximate surface area is 252 Å². The summed E-state index contributed by atoms with van der Waals surface area (Å²) >= 11 is 0. The number of aromatic nitrogens is 5. The monoisotopic (exact) mass is 625 g/mol. The number of ether oxygens (including phenoxy) is 2. The highest BCUT2D eigenvalue weighted by atomic mass is 19.4. The highest BCUT2D eigenvalue weighted by molar-refractivity contribution is 5.79. The Hall–Kier alpha value is -5.51. The first-order valence-electron chi connectivity index (χ1n) is 13.5. The molecule has 3 N–H and O–H groups in total. The number of hydrogen-bond acceptors (Lipinski definition) is 10. The van der Waals surface area contributed by atoms with E-state index in [-0.39, 0.29) is 13.2 Å². The van der Waals surface area contributed by atoms with Crippen LogP contribution in [0, 0.1) is 0 Å². The van der Waals surface area contributed by atoms with Gasteiger partial charge in [-0.3, -0.25) is 9.20 Å². The lowest BCUT2D eigenvalue weighted by Crippen LogP contribution is -2.37. The zero-order valence-corrected chi connectivity index (χ0v) is 23.4. The summed E-state index contributed by atoms with van der Waals surface area (Å²) in [6.45, 7) is 2.76. The van der Waals surface area contributed by atoms with E-state index < -0.39 is 18.1 Å². The van der Waals surface area contributed by atoms with Gasteiger partial charge in [-0.05, 0) is 24.3 Å². The Morgan fingerprint density at radius 3 is 2.42 bits per heavy atom. The minimum Gasteiger partial charge on any atom is -0.480 e. The number of aliphatic carboxylic acids is 2. The van der Waals surface area contributed by atoms with Crippen molar-refractivity contribution < 1.29 is 42.4 Å². The van der Waals surface area contributed by atoms with Crippen LogP contribution in [0.1, 0.15) is 5.69 Å². The number of morpholine rings is 1. The van der Waals surface area contributed by atoms with Crippen molar-refractivity contribution in [3.8, 4) is 17.1 Å². The number of nitrogens with one attached hydrogen (secondary N) is 1. The van der Waals surface area contributed by atoms with Gasteiger partial charge in [0.2, 0.25) is 5.88 Å². The smallest absolute Gasteiger partial charge is 0.480 e. The number of rotatable bonds is 8. The first-order valence-corrected chi connectivity index (χ1v) is 13.5. The summed E-state index contributed by atoms with van der Waals surface area (Å²) in [6.07, 6.45) is 0.342. The van der Waals surface area contributed by atoms with Crippen molar-refractivity contribution in [2.75, 3.05) is 43.1 Å². The Morgan fingerprint density at radius 2 is 1.73 bits per heavy atom. The summed E-state index contributed by atoms with van der Waals surface area (Å²) in [5.41, 5.74) is 3.93. The van der Waals surface area contributed by atoms with E-state index in [1.165, 1.54) is 0 Å². The molecule has 1 aliphatic rings. The molecule has 6 rings (SSSR count). The van der Waals surface area contributed by atoms with Crippen LogP contribution in [-0.4, -0.2) is 85.5 Å². The summed E-state index contributed by atoms with van der Waals surface area (Å²) in [6, 6.07) is 15.4. The third kappa shape index (κ3) is 7.72. The third-order valence-corrected chi connectivity index (χ3v) is 6.50. The highest BCUT2D eigenvalue weighted by Gasteiger charge is 2.38. The van der Waals surface area contributed by atoms with Crippen LogP contribution >= 0.6 is 0 Å². The van der Waals surface area contributed by atoms with E-state index in [0.717, 1.165) is 46.8 Å². The van der Waals surface area contributed by atoms with Gasteiger partial charge in [0.1, 0.15) is 19.0 Å². The largest absolute Gasteiger partial charge is 0.490 e. The molecule has 0 spiro atoms. The molecule has 1 saturated heterocycles. The van der Waals surface area contributed by atoms with Gasteiger partial charge in [-0.15, -0.1) is 0 Å². The number of pyridine rings is 2. The number of anilines is 2. The fourth-order valence-electron chi connectivity index (χ4n) is 4.39. The normalized spacial score (nSPS) is 13.3. The van der Waals surface area contributed by atoms with E-state index >= 15 is 0 Å². The van der Waals surface area contributed by atoms with E-state index in [0.29, 0.717) is 30.6 Å².